The maximum absolute atomic E-state index is 12.6. The molecule has 1 heterocycles. The third-order valence-corrected chi connectivity index (χ3v) is 3.57. The summed E-state index contributed by atoms with van der Waals surface area (Å²) in [5, 5.41) is 3.32. The molecule has 1 fully saturated rings. The van der Waals surface area contributed by atoms with Crippen LogP contribution in [0.25, 0.3) is 0 Å². The third kappa shape index (κ3) is 4.21. The van der Waals surface area contributed by atoms with Crippen LogP contribution in [0.4, 0.5) is 5.69 Å². The van der Waals surface area contributed by atoms with Crippen LogP contribution in [0, 0.1) is 0 Å². The van der Waals surface area contributed by atoms with Gasteiger partial charge in [-0.15, -0.1) is 0 Å². The van der Waals surface area contributed by atoms with Crippen molar-refractivity contribution in [3.63, 3.8) is 0 Å². The lowest BCUT2D eigenvalue weighted by molar-refractivity contribution is -0.118. The van der Waals surface area contributed by atoms with Crippen molar-refractivity contribution in [1.82, 2.24) is 4.90 Å². The smallest absolute Gasteiger partial charge is 0.254 e. The summed E-state index contributed by atoms with van der Waals surface area (Å²) >= 11 is 0. The first-order valence-corrected chi connectivity index (χ1v) is 7.72. The van der Waals surface area contributed by atoms with Crippen LogP contribution in [0.3, 0.4) is 0 Å². The zero-order valence-corrected chi connectivity index (χ0v) is 13.5. The number of ether oxygens (including phenoxy) is 1. The van der Waals surface area contributed by atoms with Gasteiger partial charge in [0.2, 0.25) is 0 Å². The molecule has 1 aromatic rings. The van der Waals surface area contributed by atoms with Crippen molar-refractivity contribution >= 4 is 11.6 Å². The van der Waals surface area contributed by atoms with Crippen LogP contribution in [0.1, 0.15) is 44.5 Å². The van der Waals surface area contributed by atoms with E-state index in [1.807, 2.05) is 49.9 Å². The first-order valence-electron chi connectivity index (χ1n) is 7.72. The zero-order chi connectivity index (χ0) is 15.5. The van der Waals surface area contributed by atoms with Gasteiger partial charge in [0.1, 0.15) is 0 Å². The molecule has 1 aromatic carbocycles. The van der Waals surface area contributed by atoms with Crippen LogP contribution in [0.2, 0.25) is 0 Å². The van der Waals surface area contributed by atoms with E-state index in [2.05, 4.69) is 12.2 Å². The van der Waals surface area contributed by atoms with Gasteiger partial charge in [0, 0.05) is 30.9 Å². The molecular weight excluding hydrogens is 264 g/mol. The molecule has 1 N–H and O–H groups in total. The van der Waals surface area contributed by atoms with E-state index in [0.29, 0.717) is 13.1 Å². The summed E-state index contributed by atoms with van der Waals surface area (Å²) in [6.07, 6.45) is 1.16. The second kappa shape index (κ2) is 6.48. The molecule has 1 atom stereocenters. The molecule has 0 bridgehead atoms. The van der Waals surface area contributed by atoms with Crippen LogP contribution in [0.15, 0.2) is 24.3 Å². The topological polar surface area (TPSA) is 41.6 Å². The Morgan fingerprint density at radius 1 is 1.38 bits per heavy atom. The largest absolute Gasteiger partial charge is 0.385 e. The Bertz CT molecular complexity index is 482. The summed E-state index contributed by atoms with van der Waals surface area (Å²) in [5.74, 6) is 0.0836. The molecule has 0 saturated carbocycles. The van der Waals surface area contributed by atoms with Gasteiger partial charge in [-0.3, -0.25) is 4.79 Å². The van der Waals surface area contributed by atoms with E-state index < -0.39 is 0 Å². The highest BCUT2D eigenvalue weighted by molar-refractivity contribution is 5.94. The summed E-state index contributed by atoms with van der Waals surface area (Å²) in [5.41, 5.74) is 1.52. The first-order chi connectivity index (χ1) is 9.91. The second-order valence-corrected chi connectivity index (χ2v) is 6.38. The van der Waals surface area contributed by atoms with Gasteiger partial charge in [-0.2, -0.15) is 0 Å². The lowest BCUT2D eigenvalue weighted by Crippen LogP contribution is -2.53. The molecule has 4 nitrogen and oxygen atoms in total. The number of carbonyl (C=O) groups is 1. The molecule has 0 aliphatic carbocycles. The Kier molecular flexibility index (Phi) is 4.88. The highest BCUT2D eigenvalue weighted by Gasteiger charge is 2.33. The maximum atomic E-state index is 12.6. The van der Waals surface area contributed by atoms with Gasteiger partial charge in [0.05, 0.1) is 11.7 Å². The number of morpholine rings is 1. The van der Waals surface area contributed by atoms with E-state index in [4.69, 9.17) is 4.74 Å². The summed E-state index contributed by atoms with van der Waals surface area (Å²) in [4.78, 5) is 14.5. The average Bonchev–Trinajstić information content (AvgIpc) is 2.42. The Labute approximate surface area is 127 Å². The molecular formula is C17H26N2O2. The van der Waals surface area contributed by atoms with Crippen molar-refractivity contribution in [3.8, 4) is 0 Å². The molecule has 4 heteroatoms. The molecule has 1 aliphatic heterocycles. The van der Waals surface area contributed by atoms with E-state index in [1.165, 1.54) is 0 Å². The van der Waals surface area contributed by atoms with E-state index in [9.17, 15) is 4.79 Å². The fourth-order valence-electron chi connectivity index (χ4n) is 2.79. The van der Waals surface area contributed by atoms with Crippen molar-refractivity contribution < 1.29 is 9.53 Å². The van der Waals surface area contributed by atoms with Crippen molar-refractivity contribution in [2.45, 2.75) is 45.8 Å². The number of hydrogen-bond donors (Lipinski definition) is 1. The fraction of sp³-hybridized carbons (Fsp3) is 0.588. The van der Waals surface area contributed by atoms with Crippen molar-refractivity contribution in [2.75, 3.05) is 25.0 Å². The predicted octanol–water partition coefficient (Wildman–Crippen LogP) is 3.15. The molecule has 0 aromatic heterocycles. The van der Waals surface area contributed by atoms with Crippen molar-refractivity contribution in [1.29, 1.82) is 0 Å². The minimum Gasteiger partial charge on any atom is -0.385 e. The van der Waals surface area contributed by atoms with E-state index in [-0.39, 0.29) is 17.6 Å². The van der Waals surface area contributed by atoms with Gasteiger partial charge in [-0.25, -0.2) is 0 Å². The van der Waals surface area contributed by atoms with Crippen LogP contribution >= 0.6 is 0 Å². The first kappa shape index (κ1) is 15.8. The van der Waals surface area contributed by atoms with E-state index >= 15 is 0 Å². The Morgan fingerprint density at radius 2 is 2.05 bits per heavy atom. The Balaban J connectivity index is 2.05. The molecule has 1 saturated heterocycles. The lowest BCUT2D eigenvalue weighted by atomic mass is 10.0. The molecule has 2 rings (SSSR count). The minimum absolute atomic E-state index is 0.0724. The predicted molar refractivity (Wildman–Crippen MR) is 85.8 cm³/mol. The number of benzene rings is 1. The van der Waals surface area contributed by atoms with E-state index in [1.54, 1.807) is 0 Å². The Hall–Kier alpha value is -1.55. The fourth-order valence-corrected chi connectivity index (χ4v) is 2.79. The van der Waals surface area contributed by atoms with Crippen LogP contribution in [0.5, 0.6) is 0 Å². The highest BCUT2D eigenvalue weighted by atomic mass is 16.5. The normalized spacial score (nSPS) is 21.1. The average molecular weight is 290 g/mol. The van der Waals surface area contributed by atoms with Gasteiger partial charge < -0.3 is 15.0 Å². The summed E-state index contributed by atoms with van der Waals surface area (Å²) in [6, 6.07) is 7.73. The van der Waals surface area contributed by atoms with Crippen molar-refractivity contribution in [3.05, 3.63) is 29.8 Å². The summed E-state index contributed by atoms with van der Waals surface area (Å²) in [6.45, 7) is 10.4. The van der Waals surface area contributed by atoms with Crippen LogP contribution < -0.4 is 5.32 Å². The van der Waals surface area contributed by atoms with E-state index in [0.717, 1.165) is 24.2 Å². The maximum Gasteiger partial charge on any atom is 0.254 e. The number of rotatable bonds is 4. The number of hydrogen-bond acceptors (Lipinski definition) is 3. The van der Waals surface area contributed by atoms with Crippen LogP contribution in [-0.2, 0) is 4.74 Å². The van der Waals surface area contributed by atoms with Gasteiger partial charge in [0.25, 0.3) is 5.91 Å². The monoisotopic (exact) mass is 290 g/mol. The van der Waals surface area contributed by atoms with Crippen molar-refractivity contribution in [2.24, 2.45) is 0 Å². The number of nitrogens with zero attached hydrogens (tertiary/aromatic N) is 1. The van der Waals surface area contributed by atoms with Gasteiger partial charge in [0.15, 0.2) is 0 Å². The quantitative estimate of drug-likeness (QED) is 0.926. The van der Waals surface area contributed by atoms with Gasteiger partial charge >= 0.3 is 0 Å². The molecule has 0 spiro atoms. The molecule has 116 valence electrons. The highest BCUT2D eigenvalue weighted by Crippen LogP contribution is 2.22. The van der Waals surface area contributed by atoms with Gasteiger partial charge in [-0.1, -0.05) is 6.92 Å². The molecule has 1 amide bonds. The number of amides is 1. The standard InChI is InChI=1S/C17H26N2O2/c1-5-10-18-15-8-6-14(7-9-15)16(20)19-11-13(2)21-17(3,4)12-19/h6-9,13,18H,5,10-12H2,1-4H3. The summed E-state index contributed by atoms with van der Waals surface area (Å²) in [7, 11) is 0. The lowest BCUT2D eigenvalue weighted by Gasteiger charge is -2.41. The van der Waals surface area contributed by atoms with Crippen LogP contribution in [-0.4, -0.2) is 42.1 Å². The number of anilines is 1. The summed E-state index contributed by atoms with van der Waals surface area (Å²) < 4.78 is 5.85. The molecule has 21 heavy (non-hydrogen) atoms. The Morgan fingerprint density at radius 3 is 2.62 bits per heavy atom. The minimum atomic E-state index is -0.282. The number of nitrogens with one attached hydrogen (secondary N) is 1. The van der Waals surface area contributed by atoms with Gasteiger partial charge in [-0.05, 0) is 51.5 Å². The number of carbonyl (C=O) groups excluding carboxylic acids is 1. The molecule has 0 radical (unpaired) electrons. The molecule has 1 unspecified atom stereocenters. The SMILES string of the molecule is CCCNc1ccc(C(=O)N2CC(C)OC(C)(C)C2)cc1. The molecule has 1 aliphatic rings. The second-order valence-electron chi connectivity index (χ2n) is 6.38. The zero-order valence-electron chi connectivity index (χ0n) is 13.5. The third-order valence-electron chi connectivity index (χ3n) is 3.57.